The Bertz CT molecular complexity index is 1400. The van der Waals surface area contributed by atoms with E-state index in [0.717, 1.165) is 33.6 Å². The Morgan fingerprint density at radius 1 is 0.367 bits per heavy atom. The molecule has 0 saturated carbocycles. The lowest BCUT2D eigenvalue weighted by Gasteiger charge is -2.27. The summed E-state index contributed by atoms with van der Waals surface area (Å²) in [5, 5.41) is 13.3. The topological polar surface area (TPSA) is 21.3 Å². The predicted molar refractivity (Wildman–Crippen MR) is 126 cm³/mol. The highest BCUT2D eigenvalue weighted by atomic mass is 16.5. The van der Waals surface area contributed by atoms with Crippen molar-refractivity contribution in [3.05, 3.63) is 97.1 Å². The van der Waals surface area contributed by atoms with Crippen LogP contribution in [0.15, 0.2) is 97.1 Å². The Balaban J connectivity index is 1.66. The van der Waals surface area contributed by atoms with E-state index in [1.165, 1.54) is 32.3 Å². The lowest BCUT2D eigenvalue weighted by atomic mass is 9.95. The first kappa shape index (κ1) is 15.8. The number of rotatable bonds is 0. The molecule has 1 N–H and O–H groups in total. The molecule has 0 saturated heterocycles. The normalized spacial score (nSPS) is 12.5. The molecule has 0 fully saturated rings. The zero-order chi connectivity index (χ0) is 19.7. The predicted octanol–water partition coefficient (Wildman–Crippen LogP) is 8.15. The minimum Gasteiger partial charge on any atom is -0.452 e. The molecule has 0 spiro atoms. The van der Waals surface area contributed by atoms with Crippen LogP contribution in [0.4, 0.5) is 11.4 Å². The summed E-state index contributed by atoms with van der Waals surface area (Å²) in [5.41, 5.74) is 2.08. The van der Waals surface area contributed by atoms with Crippen molar-refractivity contribution in [1.29, 1.82) is 0 Å². The summed E-state index contributed by atoms with van der Waals surface area (Å²) in [5.74, 6) is 1.80. The highest BCUT2D eigenvalue weighted by molar-refractivity contribution is 6.22. The summed E-state index contributed by atoms with van der Waals surface area (Å²) >= 11 is 0. The largest absolute Gasteiger partial charge is 0.452 e. The highest BCUT2D eigenvalue weighted by Gasteiger charge is 2.26. The summed E-state index contributed by atoms with van der Waals surface area (Å²) in [7, 11) is 0. The fourth-order valence-electron chi connectivity index (χ4n) is 4.91. The summed E-state index contributed by atoms with van der Waals surface area (Å²) in [4.78, 5) is 0. The molecule has 0 aliphatic carbocycles. The van der Waals surface area contributed by atoms with Gasteiger partial charge in [-0.3, -0.25) is 0 Å². The number of hydrogen-bond acceptors (Lipinski definition) is 2. The average molecular weight is 383 g/mol. The molecule has 2 heteroatoms. The van der Waals surface area contributed by atoms with Crippen LogP contribution in [0.5, 0.6) is 11.5 Å². The van der Waals surface area contributed by atoms with Crippen LogP contribution in [0.2, 0.25) is 0 Å². The lowest BCUT2D eigenvalue weighted by Crippen LogP contribution is -2.06. The third-order valence-electron chi connectivity index (χ3n) is 6.22. The quantitative estimate of drug-likeness (QED) is 0.267. The van der Waals surface area contributed by atoms with E-state index in [-0.39, 0.29) is 0 Å². The molecule has 0 amide bonds. The molecule has 0 unspecified atom stereocenters. The minimum absolute atomic E-state index is 0.900. The second-order valence-corrected chi connectivity index (χ2v) is 7.82. The van der Waals surface area contributed by atoms with Crippen LogP contribution in [0, 0.1) is 0 Å². The van der Waals surface area contributed by atoms with Crippen molar-refractivity contribution >= 4 is 54.5 Å². The molecule has 1 aliphatic rings. The summed E-state index contributed by atoms with van der Waals surface area (Å²) in [6.45, 7) is 0. The van der Waals surface area contributed by atoms with Gasteiger partial charge in [-0.05, 0) is 21.5 Å². The number of nitrogens with one attached hydrogen (secondary N) is 1. The zero-order valence-corrected chi connectivity index (χ0v) is 16.1. The van der Waals surface area contributed by atoms with E-state index < -0.39 is 0 Å². The number of anilines is 2. The van der Waals surface area contributed by atoms with Gasteiger partial charge in [0.2, 0.25) is 0 Å². The first-order valence-corrected chi connectivity index (χ1v) is 10.2. The van der Waals surface area contributed by atoms with Gasteiger partial charge in [-0.15, -0.1) is 0 Å². The standard InChI is InChI=1S/C28H17NO/c1-5-13-21-17(9-1)19-11-3-7-15-23(19)27-25(21)29-26-22-14-6-2-10-18(22)20-12-4-8-16-24(20)28(26)30-27/h1-16,29H. The van der Waals surface area contributed by atoms with Crippen molar-refractivity contribution in [1.82, 2.24) is 0 Å². The number of benzene rings is 6. The molecule has 1 heterocycles. The Morgan fingerprint density at radius 2 is 0.667 bits per heavy atom. The second kappa shape index (κ2) is 5.74. The van der Waals surface area contributed by atoms with Crippen LogP contribution in [0.1, 0.15) is 0 Å². The van der Waals surface area contributed by atoms with E-state index >= 15 is 0 Å². The minimum atomic E-state index is 0.900. The fourth-order valence-corrected chi connectivity index (χ4v) is 4.91. The molecule has 6 aromatic rings. The van der Waals surface area contributed by atoms with Gasteiger partial charge >= 0.3 is 0 Å². The van der Waals surface area contributed by atoms with Crippen LogP contribution in [-0.4, -0.2) is 0 Å². The van der Waals surface area contributed by atoms with Crippen molar-refractivity contribution in [2.45, 2.75) is 0 Å². The number of ether oxygens (including phenoxy) is 1. The molecule has 0 atom stereocenters. The number of hydrogen-bond donors (Lipinski definition) is 1. The molecule has 6 aromatic carbocycles. The SMILES string of the molecule is c1ccc2c(c1)c1c(c3ccccc32)Oc2c(c3ccccc3c3ccccc23)N1. The maximum Gasteiger partial charge on any atom is 0.159 e. The van der Waals surface area contributed by atoms with Crippen LogP contribution in [0.3, 0.4) is 0 Å². The van der Waals surface area contributed by atoms with E-state index in [0.29, 0.717) is 0 Å². The summed E-state index contributed by atoms with van der Waals surface area (Å²) in [6, 6.07) is 34.1. The molecule has 1 aliphatic heterocycles. The van der Waals surface area contributed by atoms with Crippen molar-refractivity contribution in [3.63, 3.8) is 0 Å². The maximum absolute atomic E-state index is 6.76. The molecule has 0 bridgehead atoms. The Morgan fingerprint density at radius 3 is 1.07 bits per heavy atom. The van der Waals surface area contributed by atoms with E-state index in [4.69, 9.17) is 4.74 Å². The Kier molecular flexibility index (Phi) is 3.03. The van der Waals surface area contributed by atoms with Crippen LogP contribution in [0.25, 0.3) is 43.1 Å². The second-order valence-electron chi connectivity index (χ2n) is 7.82. The molecule has 0 radical (unpaired) electrons. The molecule has 30 heavy (non-hydrogen) atoms. The Labute approximate surface area is 173 Å². The highest BCUT2D eigenvalue weighted by Crippen LogP contribution is 2.54. The van der Waals surface area contributed by atoms with E-state index in [1.807, 2.05) is 0 Å². The molecule has 0 aromatic heterocycles. The van der Waals surface area contributed by atoms with Gasteiger partial charge < -0.3 is 10.1 Å². The van der Waals surface area contributed by atoms with Gasteiger partial charge in [0.1, 0.15) is 0 Å². The average Bonchev–Trinajstić information content (AvgIpc) is 2.83. The monoisotopic (exact) mass is 383 g/mol. The van der Waals surface area contributed by atoms with Crippen LogP contribution in [-0.2, 0) is 0 Å². The van der Waals surface area contributed by atoms with Crippen molar-refractivity contribution in [3.8, 4) is 11.5 Å². The first-order valence-electron chi connectivity index (χ1n) is 10.2. The third kappa shape index (κ3) is 1.98. The van der Waals surface area contributed by atoms with Crippen molar-refractivity contribution in [2.24, 2.45) is 0 Å². The number of fused-ring (bicyclic) bond motifs is 12. The van der Waals surface area contributed by atoms with Crippen molar-refractivity contribution in [2.75, 3.05) is 5.32 Å². The van der Waals surface area contributed by atoms with Gasteiger partial charge in [-0.25, -0.2) is 0 Å². The van der Waals surface area contributed by atoms with Crippen LogP contribution < -0.4 is 10.1 Å². The van der Waals surface area contributed by atoms with E-state index in [2.05, 4.69) is 102 Å². The summed E-state index contributed by atoms with van der Waals surface area (Å²) < 4.78 is 6.76. The van der Waals surface area contributed by atoms with E-state index in [9.17, 15) is 0 Å². The zero-order valence-electron chi connectivity index (χ0n) is 16.1. The molecular weight excluding hydrogens is 366 g/mol. The van der Waals surface area contributed by atoms with Gasteiger partial charge in [-0.1, -0.05) is 97.1 Å². The van der Waals surface area contributed by atoms with Gasteiger partial charge in [0.25, 0.3) is 0 Å². The van der Waals surface area contributed by atoms with Crippen LogP contribution >= 0.6 is 0 Å². The lowest BCUT2D eigenvalue weighted by molar-refractivity contribution is 0.494. The molecule has 2 nitrogen and oxygen atoms in total. The first-order chi connectivity index (χ1) is 14.9. The van der Waals surface area contributed by atoms with Gasteiger partial charge in [-0.2, -0.15) is 0 Å². The Hall–Kier alpha value is -4.04. The maximum atomic E-state index is 6.76. The van der Waals surface area contributed by atoms with E-state index in [1.54, 1.807) is 0 Å². The molecular formula is C28H17NO. The molecule has 7 rings (SSSR count). The van der Waals surface area contributed by atoms with Gasteiger partial charge in [0.05, 0.1) is 11.4 Å². The van der Waals surface area contributed by atoms with Gasteiger partial charge in [0.15, 0.2) is 11.5 Å². The summed E-state index contributed by atoms with van der Waals surface area (Å²) in [6.07, 6.45) is 0. The van der Waals surface area contributed by atoms with Gasteiger partial charge in [0, 0.05) is 21.5 Å². The van der Waals surface area contributed by atoms with Crippen molar-refractivity contribution < 1.29 is 4.74 Å². The fraction of sp³-hybridized carbons (Fsp3) is 0. The smallest absolute Gasteiger partial charge is 0.159 e. The molecule has 140 valence electrons. The third-order valence-corrected chi connectivity index (χ3v) is 6.22.